The van der Waals surface area contributed by atoms with E-state index in [0.717, 1.165) is 29.0 Å². The topological polar surface area (TPSA) is 44.5 Å². The highest BCUT2D eigenvalue weighted by Crippen LogP contribution is 2.19. The van der Waals surface area contributed by atoms with Crippen LogP contribution >= 0.6 is 0 Å². The second kappa shape index (κ2) is 6.96. The van der Waals surface area contributed by atoms with Gasteiger partial charge in [0.15, 0.2) is 0 Å². The fourth-order valence-corrected chi connectivity index (χ4v) is 1.94. The average molecular weight is 271 g/mol. The molecule has 0 unspecified atom stereocenters. The molecule has 0 aliphatic carbocycles. The Kier molecular flexibility index (Phi) is 5.02. The van der Waals surface area contributed by atoms with Crippen molar-refractivity contribution in [1.29, 1.82) is 0 Å². The second-order valence-electron chi connectivity index (χ2n) is 4.72. The fourth-order valence-electron chi connectivity index (χ4n) is 1.94. The van der Waals surface area contributed by atoms with Crippen LogP contribution in [0.2, 0.25) is 0 Å². The minimum Gasteiger partial charge on any atom is -0.497 e. The summed E-state index contributed by atoms with van der Waals surface area (Å²) >= 11 is 0. The van der Waals surface area contributed by atoms with E-state index in [1.807, 2.05) is 48.5 Å². The first kappa shape index (κ1) is 14.4. The second-order valence-corrected chi connectivity index (χ2v) is 4.72. The van der Waals surface area contributed by atoms with Crippen LogP contribution in [0.5, 0.6) is 11.5 Å². The molecular formula is C17H21NO2. The average Bonchev–Trinajstić information content (AvgIpc) is 2.53. The largest absolute Gasteiger partial charge is 0.497 e. The molecule has 3 heteroatoms. The van der Waals surface area contributed by atoms with E-state index in [9.17, 15) is 0 Å². The summed E-state index contributed by atoms with van der Waals surface area (Å²) in [5.41, 5.74) is 8.24. The Morgan fingerprint density at radius 3 is 2.10 bits per heavy atom. The van der Waals surface area contributed by atoms with Crippen molar-refractivity contribution in [2.24, 2.45) is 5.73 Å². The van der Waals surface area contributed by atoms with Crippen LogP contribution < -0.4 is 15.2 Å². The predicted molar refractivity (Wildman–Crippen MR) is 81.0 cm³/mol. The highest BCUT2D eigenvalue weighted by Gasteiger charge is 2.03. The summed E-state index contributed by atoms with van der Waals surface area (Å²) in [6.07, 6.45) is 0.937. The highest BCUT2D eigenvalue weighted by molar-refractivity contribution is 5.30. The number of rotatable bonds is 6. The van der Waals surface area contributed by atoms with Crippen molar-refractivity contribution in [3.63, 3.8) is 0 Å². The van der Waals surface area contributed by atoms with Gasteiger partial charge in [-0.2, -0.15) is 0 Å². The van der Waals surface area contributed by atoms with Crippen molar-refractivity contribution < 1.29 is 9.47 Å². The van der Waals surface area contributed by atoms with Gasteiger partial charge in [0.25, 0.3) is 0 Å². The van der Waals surface area contributed by atoms with Crippen molar-refractivity contribution >= 4 is 0 Å². The first-order valence-electron chi connectivity index (χ1n) is 6.84. The van der Waals surface area contributed by atoms with Crippen LogP contribution in [0.25, 0.3) is 0 Å². The summed E-state index contributed by atoms with van der Waals surface area (Å²) in [4.78, 5) is 0. The molecule has 2 aromatic carbocycles. The molecule has 2 aromatic rings. The van der Waals surface area contributed by atoms with Gasteiger partial charge in [0.1, 0.15) is 18.1 Å². The molecule has 106 valence electrons. The Bertz CT molecular complexity index is 520. The first-order valence-corrected chi connectivity index (χ1v) is 6.84. The van der Waals surface area contributed by atoms with Crippen molar-refractivity contribution in [3.8, 4) is 11.5 Å². The quantitative estimate of drug-likeness (QED) is 0.871. The van der Waals surface area contributed by atoms with Crippen LogP contribution in [-0.4, -0.2) is 7.11 Å². The molecule has 0 spiro atoms. The van der Waals surface area contributed by atoms with Crippen molar-refractivity contribution in [1.82, 2.24) is 0 Å². The van der Waals surface area contributed by atoms with Crippen molar-refractivity contribution in [3.05, 3.63) is 59.7 Å². The maximum absolute atomic E-state index is 5.98. The van der Waals surface area contributed by atoms with Gasteiger partial charge < -0.3 is 15.2 Å². The summed E-state index contributed by atoms with van der Waals surface area (Å²) in [5, 5.41) is 0. The van der Waals surface area contributed by atoms with Gasteiger partial charge in [-0.15, -0.1) is 0 Å². The lowest BCUT2D eigenvalue weighted by Gasteiger charge is -2.11. The third-order valence-electron chi connectivity index (χ3n) is 3.31. The summed E-state index contributed by atoms with van der Waals surface area (Å²) in [5.74, 6) is 1.71. The van der Waals surface area contributed by atoms with Crippen LogP contribution in [0.1, 0.15) is 30.5 Å². The zero-order valence-corrected chi connectivity index (χ0v) is 12.0. The van der Waals surface area contributed by atoms with Gasteiger partial charge in [0.2, 0.25) is 0 Å². The molecule has 0 saturated carbocycles. The molecule has 0 saturated heterocycles. The highest BCUT2D eigenvalue weighted by atomic mass is 16.5. The first-order chi connectivity index (χ1) is 9.72. The van der Waals surface area contributed by atoms with E-state index in [2.05, 4.69) is 6.92 Å². The van der Waals surface area contributed by atoms with Gasteiger partial charge in [0, 0.05) is 6.04 Å². The Hall–Kier alpha value is -2.00. The number of hydrogen-bond donors (Lipinski definition) is 1. The molecule has 0 fully saturated rings. The van der Waals surface area contributed by atoms with Gasteiger partial charge in [0.05, 0.1) is 7.11 Å². The summed E-state index contributed by atoms with van der Waals surface area (Å²) < 4.78 is 10.9. The number of hydrogen-bond acceptors (Lipinski definition) is 3. The molecule has 2 rings (SSSR count). The Labute approximate surface area is 120 Å². The molecule has 0 radical (unpaired) electrons. The van der Waals surface area contributed by atoms with Gasteiger partial charge in [-0.1, -0.05) is 31.2 Å². The van der Waals surface area contributed by atoms with Gasteiger partial charge in [-0.3, -0.25) is 0 Å². The lowest BCUT2D eigenvalue weighted by molar-refractivity contribution is 0.306. The normalized spacial score (nSPS) is 11.9. The number of methoxy groups -OCH3 is 1. The van der Waals surface area contributed by atoms with Crippen LogP contribution in [0.4, 0.5) is 0 Å². The van der Waals surface area contributed by atoms with Crippen LogP contribution in [-0.2, 0) is 6.61 Å². The Morgan fingerprint density at radius 2 is 1.55 bits per heavy atom. The molecule has 3 nitrogen and oxygen atoms in total. The minimum absolute atomic E-state index is 0.102. The van der Waals surface area contributed by atoms with Crippen LogP contribution in [0, 0.1) is 0 Å². The molecule has 0 bridgehead atoms. The zero-order valence-electron chi connectivity index (χ0n) is 12.0. The van der Waals surface area contributed by atoms with E-state index in [0.29, 0.717) is 6.61 Å². The van der Waals surface area contributed by atoms with E-state index < -0.39 is 0 Å². The van der Waals surface area contributed by atoms with Crippen LogP contribution in [0.3, 0.4) is 0 Å². The molecule has 1 atom stereocenters. The molecule has 0 aliphatic heterocycles. The predicted octanol–water partition coefficient (Wildman–Crippen LogP) is 3.68. The van der Waals surface area contributed by atoms with E-state index in [1.54, 1.807) is 7.11 Å². The summed E-state index contributed by atoms with van der Waals surface area (Å²) in [7, 11) is 1.66. The van der Waals surface area contributed by atoms with Gasteiger partial charge in [-0.25, -0.2) is 0 Å². The molecule has 2 N–H and O–H groups in total. The van der Waals surface area contributed by atoms with Gasteiger partial charge in [-0.05, 0) is 41.8 Å². The fraction of sp³-hybridized carbons (Fsp3) is 0.294. The number of benzene rings is 2. The maximum atomic E-state index is 5.98. The number of nitrogens with two attached hydrogens (primary N) is 1. The molecule has 0 amide bonds. The number of ether oxygens (including phenoxy) is 2. The third kappa shape index (κ3) is 3.75. The lowest BCUT2D eigenvalue weighted by Crippen LogP contribution is -2.08. The Morgan fingerprint density at radius 1 is 0.950 bits per heavy atom. The minimum atomic E-state index is 0.102. The van der Waals surface area contributed by atoms with E-state index in [4.69, 9.17) is 15.2 Å². The molecule has 0 heterocycles. The lowest BCUT2D eigenvalue weighted by atomic mass is 10.1. The Balaban J connectivity index is 1.93. The van der Waals surface area contributed by atoms with Crippen LogP contribution in [0.15, 0.2) is 48.5 Å². The molecule has 20 heavy (non-hydrogen) atoms. The standard InChI is InChI=1S/C17H21NO2/c1-3-17(18)14-6-10-16(11-7-14)20-12-13-4-8-15(19-2)9-5-13/h4-11,17H,3,12,18H2,1-2H3/t17-/m0/s1. The zero-order chi connectivity index (χ0) is 14.4. The molecule has 0 aliphatic rings. The summed E-state index contributed by atoms with van der Waals surface area (Å²) in [6.45, 7) is 2.63. The van der Waals surface area contributed by atoms with E-state index >= 15 is 0 Å². The smallest absolute Gasteiger partial charge is 0.119 e. The van der Waals surface area contributed by atoms with E-state index in [1.165, 1.54) is 0 Å². The van der Waals surface area contributed by atoms with Gasteiger partial charge >= 0.3 is 0 Å². The molecular weight excluding hydrogens is 250 g/mol. The van der Waals surface area contributed by atoms with Crippen molar-refractivity contribution in [2.75, 3.05) is 7.11 Å². The SMILES string of the molecule is CC[C@H](N)c1ccc(OCc2ccc(OC)cc2)cc1. The van der Waals surface area contributed by atoms with Crippen molar-refractivity contribution in [2.45, 2.75) is 26.0 Å². The summed E-state index contributed by atoms with van der Waals surface area (Å²) in [6, 6.07) is 16.0. The molecule has 0 aromatic heterocycles. The monoisotopic (exact) mass is 271 g/mol. The van der Waals surface area contributed by atoms with E-state index in [-0.39, 0.29) is 6.04 Å². The third-order valence-corrected chi connectivity index (χ3v) is 3.31. The maximum Gasteiger partial charge on any atom is 0.119 e.